The largest absolute Gasteiger partial charge is 0.358 e. The fraction of sp³-hybridized carbons (Fsp3) is 0. The van der Waals surface area contributed by atoms with Crippen molar-refractivity contribution in [3.8, 4) is 6.07 Å². The van der Waals surface area contributed by atoms with Crippen molar-refractivity contribution in [2.45, 2.75) is 0 Å². The van der Waals surface area contributed by atoms with E-state index >= 15 is 0 Å². The predicted octanol–water partition coefficient (Wildman–Crippen LogP) is 4.50. The molecule has 1 aromatic heterocycles. The van der Waals surface area contributed by atoms with Crippen molar-refractivity contribution in [1.29, 1.82) is 5.26 Å². The molecule has 116 valence electrons. The van der Waals surface area contributed by atoms with E-state index in [1.807, 2.05) is 0 Å². The van der Waals surface area contributed by atoms with E-state index in [1.165, 1.54) is 18.5 Å². The van der Waals surface area contributed by atoms with E-state index in [4.69, 9.17) is 40.1 Å². The molecule has 23 heavy (non-hydrogen) atoms. The van der Waals surface area contributed by atoms with Crippen molar-refractivity contribution in [2.75, 3.05) is 10.6 Å². The average molecular weight is 368 g/mol. The molecule has 1 amide bonds. The van der Waals surface area contributed by atoms with E-state index in [2.05, 4.69) is 15.6 Å². The number of halogens is 3. The summed E-state index contributed by atoms with van der Waals surface area (Å²) in [5, 5.41) is 15.3. The summed E-state index contributed by atoms with van der Waals surface area (Å²) >= 11 is 17.6. The SMILES string of the molecule is N#C/C(=C/Nc1cccnc1Cl)C(=O)Nc1ccc(Cl)cc1Cl. The van der Waals surface area contributed by atoms with Crippen LogP contribution in [0.3, 0.4) is 0 Å². The Labute approximate surface area is 147 Å². The number of carbonyl (C=O) groups is 1. The molecule has 0 saturated heterocycles. The summed E-state index contributed by atoms with van der Waals surface area (Å²) in [7, 11) is 0. The van der Waals surface area contributed by atoms with Crippen LogP contribution in [0, 0.1) is 11.3 Å². The third kappa shape index (κ3) is 4.60. The molecule has 0 aliphatic heterocycles. The van der Waals surface area contributed by atoms with Gasteiger partial charge < -0.3 is 10.6 Å². The Morgan fingerprint density at radius 2 is 2.00 bits per heavy atom. The zero-order valence-electron chi connectivity index (χ0n) is 11.5. The highest BCUT2D eigenvalue weighted by Crippen LogP contribution is 2.25. The lowest BCUT2D eigenvalue weighted by molar-refractivity contribution is -0.112. The van der Waals surface area contributed by atoms with Gasteiger partial charge >= 0.3 is 0 Å². The van der Waals surface area contributed by atoms with Crippen LogP contribution in [0.1, 0.15) is 0 Å². The fourth-order valence-corrected chi connectivity index (χ4v) is 2.20. The minimum Gasteiger partial charge on any atom is -0.358 e. The van der Waals surface area contributed by atoms with Crippen molar-refractivity contribution in [3.05, 3.63) is 63.5 Å². The first-order valence-corrected chi connectivity index (χ1v) is 7.38. The molecule has 8 heteroatoms. The number of amides is 1. The number of rotatable bonds is 4. The topological polar surface area (TPSA) is 77.8 Å². The Balaban J connectivity index is 2.14. The van der Waals surface area contributed by atoms with Crippen LogP contribution in [0.2, 0.25) is 15.2 Å². The van der Waals surface area contributed by atoms with Crippen LogP contribution in [-0.2, 0) is 4.79 Å². The molecule has 2 aromatic rings. The Hall–Kier alpha value is -2.26. The minimum atomic E-state index is -0.621. The first-order valence-electron chi connectivity index (χ1n) is 6.25. The highest BCUT2D eigenvalue weighted by molar-refractivity contribution is 6.36. The van der Waals surface area contributed by atoms with Crippen LogP contribution in [-0.4, -0.2) is 10.9 Å². The van der Waals surface area contributed by atoms with Gasteiger partial charge in [-0.05, 0) is 30.3 Å². The molecular weight excluding hydrogens is 359 g/mol. The molecule has 0 saturated carbocycles. The van der Waals surface area contributed by atoms with Crippen LogP contribution in [0.4, 0.5) is 11.4 Å². The molecule has 2 N–H and O–H groups in total. The van der Waals surface area contributed by atoms with E-state index < -0.39 is 5.91 Å². The van der Waals surface area contributed by atoms with E-state index in [0.29, 0.717) is 16.4 Å². The Bertz CT molecular complexity index is 815. The number of anilines is 2. The molecule has 0 fully saturated rings. The summed E-state index contributed by atoms with van der Waals surface area (Å²) in [6, 6.07) is 9.74. The molecule has 0 aliphatic rings. The van der Waals surface area contributed by atoms with Gasteiger partial charge in [-0.2, -0.15) is 5.26 Å². The van der Waals surface area contributed by atoms with Gasteiger partial charge in [0.1, 0.15) is 11.6 Å². The highest BCUT2D eigenvalue weighted by Gasteiger charge is 2.12. The maximum Gasteiger partial charge on any atom is 0.267 e. The second kappa shape index (κ2) is 7.84. The lowest BCUT2D eigenvalue weighted by Gasteiger charge is -2.07. The first kappa shape index (κ1) is 17.1. The van der Waals surface area contributed by atoms with Gasteiger partial charge in [-0.15, -0.1) is 0 Å². The molecule has 0 aliphatic carbocycles. The molecule has 5 nitrogen and oxygen atoms in total. The molecule has 1 aromatic carbocycles. The van der Waals surface area contributed by atoms with Gasteiger partial charge in [-0.3, -0.25) is 4.79 Å². The number of hydrogen-bond acceptors (Lipinski definition) is 4. The normalized spacial score (nSPS) is 10.8. The standard InChI is InChI=1S/C15H9Cl3N4O/c16-10-3-4-12(11(17)6-10)22-15(23)9(7-19)8-21-13-2-1-5-20-14(13)18/h1-6,8,21H,(H,22,23)/b9-8-. The third-order valence-corrected chi connectivity index (χ3v) is 3.52. The maximum atomic E-state index is 12.1. The molecular formula is C15H9Cl3N4O. The predicted molar refractivity (Wildman–Crippen MR) is 91.7 cm³/mol. The number of hydrogen-bond donors (Lipinski definition) is 2. The number of nitrogens with one attached hydrogen (secondary N) is 2. The summed E-state index contributed by atoms with van der Waals surface area (Å²) in [4.78, 5) is 16.0. The number of benzene rings is 1. The second-order valence-corrected chi connectivity index (χ2v) is 5.44. The third-order valence-electron chi connectivity index (χ3n) is 2.68. The van der Waals surface area contributed by atoms with Gasteiger partial charge in [0.25, 0.3) is 5.91 Å². The van der Waals surface area contributed by atoms with Crippen molar-refractivity contribution in [1.82, 2.24) is 4.98 Å². The first-order chi connectivity index (χ1) is 11.0. The molecule has 0 radical (unpaired) electrons. The molecule has 2 rings (SSSR count). The summed E-state index contributed by atoms with van der Waals surface area (Å²) in [6.07, 6.45) is 2.76. The fourth-order valence-electron chi connectivity index (χ4n) is 1.57. The van der Waals surface area contributed by atoms with Crippen LogP contribution in [0.25, 0.3) is 0 Å². The molecule has 0 atom stereocenters. The van der Waals surface area contributed by atoms with Gasteiger partial charge in [0, 0.05) is 17.4 Å². The maximum absolute atomic E-state index is 12.1. The average Bonchev–Trinajstić information content (AvgIpc) is 2.52. The number of nitrogens with zero attached hydrogens (tertiary/aromatic N) is 2. The monoisotopic (exact) mass is 366 g/mol. The zero-order chi connectivity index (χ0) is 16.8. The van der Waals surface area contributed by atoms with Gasteiger partial charge in [0.2, 0.25) is 0 Å². The highest BCUT2D eigenvalue weighted by atomic mass is 35.5. The van der Waals surface area contributed by atoms with Crippen LogP contribution < -0.4 is 10.6 Å². The molecule has 0 spiro atoms. The molecule has 1 heterocycles. The van der Waals surface area contributed by atoms with Crippen molar-refractivity contribution < 1.29 is 4.79 Å². The summed E-state index contributed by atoms with van der Waals surface area (Å²) in [5.74, 6) is -0.621. The van der Waals surface area contributed by atoms with Gasteiger partial charge in [-0.1, -0.05) is 34.8 Å². The zero-order valence-corrected chi connectivity index (χ0v) is 13.7. The number of pyridine rings is 1. The molecule has 0 bridgehead atoms. The number of aromatic nitrogens is 1. The lowest BCUT2D eigenvalue weighted by atomic mass is 10.2. The summed E-state index contributed by atoms with van der Waals surface area (Å²) in [6.45, 7) is 0. The number of carbonyl (C=O) groups excluding carboxylic acids is 1. The van der Waals surface area contributed by atoms with E-state index in [1.54, 1.807) is 30.3 Å². The summed E-state index contributed by atoms with van der Waals surface area (Å²) in [5.41, 5.74) is 0.664. The van der Waals surface area contributed by atoms with E-state index in [-0.39, 0.29) is 15.7 Å². The van der Waals surface area contributed by atoms with E-state index in [9.17, 15) is 4.79 Å². The van der Waals surface area contributed by atoms with Crippen molar-refractivity contribution in [3.63, 3.8) is 0 Å². The van der Waals surface area contributed by atoms with Gasteiger partial charge in [0.05, 0.1) is 16.4 Å². The smallest absolute Gasteiger partial charge is 0.267 e. The van der Waals surface area contributed by atoms with Gasteiger partial charge in [-0.25, -0.2) is 4.98 Å². The van der Waals surface area contributed by atoms with Crippen LogP contribution in [0.15, 0.2) is 48.3 Å². The Kier molecular flexibility index (Phi) is 5.83. The number of nitriles is 1. The van der Waals surface area contributed by atoms with Crippen molar-refractivity contribution in [2.24, 2.45) is 0 Å². The lowest BCUT2D eigenvalue weighted by Crippen LogP contribution is -2.14. The Morgan fingerprint density at radius 3 is 2.65 bits per heavy atom. The van der Waals surface area contributed by atoms with Gasteiger partial charge in [0.15, 0.2) is 5.15 Å². The van der Waals surface area contributed by atoms with Crippen LogP contribution in [0.5, 0.6) is 0 Å². The quantitative estimate of drug-likeness (QED) is 0.474. The molecule has 0 unspecified atom stereocenters. The Morgan fingerprint density at radius 1 is 1.22 bits per heavy atom. The summed E-state index contributed by atoms with van der Waals surface area (Å²) < 4.78 is 0. The van der Waals surface area contributed by atoms with Crippen molar-refractivity contribution >= 4 is 52.1 Å². The minimum absolute atomic E-state index is 0.157. The second-order valence-electron chi connectivity index (χ2n) is 4.23. The van der Waals surface area contributed by atoms with Crippen LogP contribution >= 0.6 is 34.8 Å². The van der Waals surface area contributed by atoms with E-state index in [0.717, 1.165) is 0 Å².